The molecule has 1 saturated heterocycles. The van der Waals surface area contributed by atoms with E-state index in [1.807, 2.05) is 24.3 Å². The summed E-state index contributed by atoms with van der Waals surface area (Å²) in [6.07, 6.45) is 0.710. The third-order valence-electron chi connectivity index (χ3n) is 5.58. The highest BCUT2D eigenvalue weighted by Crippen LogP contribution is 2.36. The van der Waals surface area contributed by atoms with E-state index in [9.17, 15) is 19.3 Å². The maximum absolute atomic E-state index is 13.4. The molecule has 0 unspecified atom stereocenters. The first-order valence-corrected chi connectivity index (χ1v) is 9.43. The van der Waals surface area contributed by atoms with Crippen LogP contribution in [0.25, 0.3) is 0 Å². The fourth-order valence-corrected chi connectivity index (χ4v) is 4.09. The van der Waals surface area contributed by atoms with Crippen molar-refractivity contribution in [1.29, 1.82) is 0 Å². The van der Waals surface area contributed by atoms with Gasteiger partial charge >= 0.3 is 0 Å². The summed E-state index contributed by atoms with van der Waals surface area (Å²) in [5.41, 5.74) is 3.02. The molecular formula is C21H21FN2O4. The molecular weight excluding hydrogens is 363 g/mol. The zero-order valence-electron chi connectivity index (χ0n) is 15.3. The van der Waals surface area contributed by atoms with E-state index in [2.05, 4.69) is 0 Å². The van der Waals surface area contributed by atoms with E-state index >= 15 is 0 Å². The molecule has 2 aliphatic heterocycles. The SMILES string of the molecule is O=C([C@H]1CC[C@@H]([N+](=O)[O-])CO1)N1CCc2ccccc2[C@@H]1c1ccc(F)cc1. The van der Waals surface area contributed by atoms with Crippen molar-refractivity contribution in [3.8, 4) is 0 Å². The third-order valence-corrected chi connectivity index (χ3v) is 5.58. The standard InChI is InChI=1S/C21H21FN2O4/c22-16-7-5-15(6-8-16)20-18-4-2-1-3-14(18)11-12-23(20)21(25)19-10-9-17(13-28-19)24(26)27/h1-8,17,19-20H,9-13H2/t17-,19-,20+/m1/s1. The lowest BCUT2D eigenvalue weighted by molar-refractivity contribution is -0.532. The van der Waals surface area contributed by atoms with Crippen LogP contribution in [0.3, 0.4) is 0 Å². The van der Waals surface area contributed by atoms with Crippen molar-refractivity contribution in [2.75, 3.05) is 13.2 Å². The van der Waals surface area contributed by atoms with Gasteiger partial charge in [-0.1, -0.05) is 36.4 Å². The molecule has 2 aromatic rings. The largest absolute Gasteiger partial charge is 0.361 e. The second kappa shape index (κ2) is 7.67. The Morgan fingerprint density at radius 2 is 1.89 bits per heavy atom. The van der Waals surface area contributed by atoms with Crippen LogP contribution >= 0.6 is 0 Å². The zero-order chi connectivity index (χ0) is 19.7. The van der Waals surface area contributed by atoms with Gasteiger partial charge in [-0.15, -0.1) is 0 Å². The Kier molecular flexibility index (Phi) is 5.09. The van der Waals surface area contributed by atoms with E-state index in [1.54, 1.807) is 17.0 Å². The van der Waals surface area contributed by atoms with Gasteiger partial charge in [0.05, 0.1) is 6.04 Å². The smallest absolute Gasteiger partial charge is 0.252 e. The number of carbonyl (C=O) groups excluding carboxylic acids is 1. The number of ether oxygens (including phenoxy) is 1. The van der Waals surface area contributed by atoms with Crippen molar-refractivity contribution < 1.29 is 18.8 Å². The van der Waals surface area contributed by atoms with Gasteiger partial charge in [0.1, 0.15) is 18.5 Å². The predicted octanol–water partition coefficient (Wildman–Crippen LogP) is 3.12. The minimum absolute atomic E-state index is 0.0466. The van der Waals surface area contributed by atoms with Crippen LogP contribution in [0.5, 0.6) is 0 Å². The van der Waals surface area contributed by atoms with E-state index in [1.165, 1.54) is 17.7 Å². The molecule has 28 heavy (non-hydrogen) atoms. The van der Waals surface area contributed by atoms with E-state index in [4.69, 9.17) is 4.74 Å². The minimum Gasteiger partial charge on any atom is -0.361 e. The van der Waals surface area contributed by atoms with Crippen LogP contribution in [-0.2, 0) is 16.0 Å². The Bertz CT molecular complexity index is 878. The number of carbonyl (C=O) groups is 1. The maximum Gasteiger partial charge on any atom is 0.252 e. The zero-order valence-corrected chi connectivity index (χ0v) is 15.3. The fraction of sp³-hybridized carbons (Fsp3) is 0.381. The molecule has 2 heterocycles. The summed E-state index contributed by atoms with van der Waals surface area (Å²) < 4.78 is 19.0. The molecule has 7 heteroatoms. The third kappa shape index (κ3) is 3.49. The number of rotatable bonds is 3. The summed E-state index contributed by atoms with van der Waals surface area (Å²) in [5.74, 6) is -0.488. The highest BCUT2D eigenvalue weighted by molar-refractivity contribution is 5.82. The van der Waals surface area contributed by atoms with Gasteiger partial charge in [0, 0.05) is 17.9 Å². The molecule has 3 atom stereocenters. The molecule has 0 saturated carbocycles. The first-order valence-electron chi connectivity index (χ1n) is 9.43. The summed E-state index contributed by atoms with van der Waals surface area (Å²) in [7, 11) is 0. The summed E-state index contributed by atoms with van der Waals surface area (Å²) in [6, 6.07) is 13.1. The first-order chi connectivity index (χ1) is 13.5. The molecule has 6 nitrogen and oxygen atoms in total. The lowest BCUT2D eigenvalue weighted by atomic mass is 9.87. The van der Waals surface area contributed by atoms with Crippen LogP contribution in [-0.4, -0.2) is 41.0 Å². The Labute approximate surface area is 162 Å². The van der Waals surface area contributed by atoms with E-state index < -0.39 is 12.1 Å². The number of hydrogen-bond donors (Lipinski definition) is 0. The topological polar surface area (TPSA) is 72.7 Å². The van der Waals surface area contributed by atoms with Gasteiger partial charge in [-0.2, -0.15) is 0 Å². The second-order valence-corrected chi connectivity index (χ2v) is 7.27. The van der Waals surface area contributed by atoms with E-state index in [0.29, 0.717) is 19.4 Å². The van der Waals surface area contributed by atoms with Gasteiger partial charge in [0.2, 0.25) is 6.04 Å². The molecule has 1 fully saturated rings. The number of benzene rings is 2. The summed E-state index contributed by atoms with van der Waals surface area (Å²) in [4.78, 5) is 25.6. The average Bonchev–Trinajstić information content (AvgIpc) is 2.73. The molecule has 0 bridgehead atoms. The summed E-state index contributed by atoms with van der Waals surface area (Å²) in [5, 5.41) is 10.9. The molecule has 2 aliphatic rings. The monoisotopic (exact) mass is 384 g/mol. The first kappa shape index (κ1) is 18.6. The molecule has 4 rings (SSSR count). The van der Waals surface area contributed by atoms with Gasteiger partial charge in [-0.05, 0) is 41.7 Å². The Hall–Kier alpha value is -2.80. The number of nitrogens with zero attached hydrogens (tertiary/aromatic N) is 2. The van der Waals surface area contributed by atoms with Gasteiger partial charge in [0.25, 0.3) is 5.91 Å². The van der Waals surface area contributed by atoms with Crippen molar-refractivity contribution >= 4 is 5.91 Å². The molecule has 0 radical (unpaired) electrons. The van der Waals surface area contributed by atoms with Crippen LogP contribution < -0.4 is 0 Å². The average molecular weight is 384 g/mol. The van der Waals surface area contributed by atoms with E-state index in [-0.39, 0.29) is 29.3 Å². The van der Waals surface area contributed by atoms with Crippen LogP contribution in [0.4, 0.5) is 4.39 Å². The van der Waals surface area contributed by atoms with Crippen molar-refractivity contribution in [1.82, 2.24) is 4.90 Å². The Morgan fingerprint density at radius 1 is 1.14 bits per heavy atom. The fourth-order valence-electron chi connectivity index (χ4n) is 4.09. The van der Waals surface area contributed by atoms with Crippen LogP contribution in [0.1, 0.15) is 35.6 Å². The summed E-state index contributed by atoms with van der Waals surface area (Å²) >= 11 is 0. The number of fused-ring (bicyclic) bond motifs is 1. The molecule has 0 spiro atoms. The number of nitro groups is 1. The highest BCUT2D eigenvalue weighted by Gasteiger charge is 2.39. The molecule has 0 aromatic heterocycles. The lowest BCUT2D eigenvalue weighted by Crippen LogP contribution is -2.49. The van der Waals surface area contributed by atoms with Crippen molar-refractivity contribution in [3.05, 3.63) is 81.2 Å². The molecule has 0 aliphatic carbocycles. The number of hydrogen-bond acceptors (Lipinski definition) is 4. The second-order valence-electron chi connectivity index (χ2n) is 7.27. The van der Waals surface area contributed by atoms with E-state index in [0.717, 1.165) is 17.5 Å². The normalized spacial score (nSPS) is 24.5. The van der Waals surface area contributed by atoms with Crippen molar-refractivity contribution in [2.45, 2.75) is 37.5 Å². The van der Waals surface area contributed by atoms with Crippen LogP contribution in [0.2, 0.25) is 0 Å². The van der Waals surface area contributed by atoms with Gasteiger partial charge in [-0.25, -0.2) is 4.39 Å². The van der Waals surface area contributed by atoms with Crippen molar-refractivity contribution in [3.63, 3.8) is 0 Å². The predicted molar refractivity (Wildman–Crippen MR) is 99.9 cm³/mol. The molecule has 146 valence electrons. The highest BCUT2D eigenvalue weighted by atomic mass is 19.1. The number of amides is 1. The lowest BCUT2D eigenvalue weighted by Gasteiger charge is -2.40. The van der Waals surface area contributed by atoms with Crippen molar-refractivity contribution in [2.24, 2.45) is 0 Å². The van der Waals surface area contributed by atoms with Gasteiger partial charge in [0.15, 0.2) is 0 Å². The maximum atomic E-state index is 13.4. The van der Waals surface area contributed by atoms with Crippen LogP contribution in [0.15, 0.2) is 48.5 Å². The molecule has 0 N–H and O–H groups in total. The minimum atomic E-state index is -0.751. The quantitative estimate of drug-likeness (QED) is 0.602. The Morgan fingerprint density at radius 3 is 2.57 bits per heavy atom. The Balaban J connectivity index is 1.63. The van der Waals surface area contributed by atoms with Crippen LogP contribution in [0, 0.1) is 15.9 Å². The van der Waals surface area contributed by atoms with Gasteiger partial charge in [-0.3, -0.25) is 14.9 Å². The number of halogens is 1. The molecule has 1 amide bonds. The molecule has 2 aromatic carbocycles. The van der Waals surface area contributed by atoms with Gasteiger partial charge < -0.3 is 9.64 Å². The summed E-state index contributed by atoms with van der Waals surface area (Å²) in [6.45, 7) is 0.478.